The van der Waals surface area contributed by atoms with Gasteiger partial charge in [0.15, 0.2) is 6.10 Å². The fraction of sp³-hybridized carbons (Fsp3) is 0.750. The van der Waals surface area contributed by atoms with Crippen LogP contribution in [0.4, 0.5) is 0 Å². The Bertz CT molecular complexity index is 461. The van der Waals surface area contributed by atoms with Gasteiger partial charge in [-0.1, -0.05) is 0 Å². The minimum Gasteiger partial charge on any atom is -0.466 e. The van der Waals surface area contributed by atoms with Crippen LogP contribution in [0.25, 0.3) is 0 Å². The summed E-state index contributed by atoms with van der Waals surface area (Å²) < 4.78 is 19.2. The summed E-state index contributed by atoms with van der Waals surface area (Å²) in [6.45, 7) is 6.67. The fourth-order valence-corrected chi connectivity index (χ4v) is 1.78. The van der Waals surface area contributed by atoms with E-state index in [2.05, 4.69) is 0 Å². The number of carbonyl (C=O) groups is 4. The van der Waals surface area contributed by atoms with Crippen LogP contribution in [0.1, 0.15) is 47.0 Å². The minimum absolute atomic E-state index is 0.128. The van der Waals surface area contributed by atoms with Crippen LogP contribution in [0.3, 0.4) is 0 Å². The Labute approximate surface area is 146 Å². The van der Waals surface area contributed by atoms with E-state index in [0.29, 0.717) is 0 Å². The molecule has 0 spiro atoms. The van der Waals surface area contributed by atoms with Crippen molar-refractivity contribution in [2.45, 2.75) is 65.3 Å². The first-order chi connectivity index (χ1) is 11.7. The highest BCUT2D eigenvalue weighted by Crippen LogP contribution is 2.07. The summed E-state index contributed by atoms with van der Waals surface area (Å²) in [5.74, 6) is -2.97. The maximum absolute atomic E-state index is 11.7. The van der Waals surface area contributed by atoms with Crippen LogP contribution in [0.15, 0.2) is 0 Å². The van der Waals surface area contributed by atoms with E-state index in [4.69, 9.17) is 18.9 Å². The molecule has 0 radical (unpaired) electrons. The molecule has 9 heteroatoms. The monoisotopic (exact) mass is 362 g/mol. The van der Waals surface area contributed by atoms with Gasteiger partial charge in [-0.05, 0) is 27.7 Å². The zero-order valence-corrected chi connectivity index (χ0v) is 15.0. The van der Waals surface area contributed by atoms with Crippen molar-refractivity contribution in [3.8, 4) is 0 Å². The molecule has 0 aliphatic rings. The van der Waals surface area contributed by atoms with Crippen LogP contribution in [0, 0.1) is 0 Å². The van der Waals surface area contributed by atoms with Crippen LogP contribution in [0.2, 0.25) is 0 Å². The lowest BCUT2D eigenvalue weighted by Crippen LogP contribution is -2.31. The number of esters is 4. The fourth-order valence-electron chi connectivity index (χ4n) is 1.78. The molecule has 0 amide bonds. The molecule has 0 fully saturated rings. The summed E-state index contributed by atoms with van der Waals surface area (Å²) in [4.78, 5) is 45.8. The summed E-state index contributed by atoms with van der Waals surface area (Å²) in [5.41, 5.74) is 0. The van der Waals surface area contributed by atoms with Crippen molar-refractivity contribution >= 4 is 23.9 Å². The van der Waals surface area contributed by atoms with Crippen LogP contribution in [0.5, 0.6) is 0 Å². The van der Waals surface area contributed by atoms with Gasteiger partial charge in [-0.3, -0.25) is 14.4 Å². The van der Waals surface area contributed by atoms with Crippen LogP contribution in [-0.2, 0) is 38.1 Å². The normalized spacial score (nSPS) is 14.0. The SMILES string of the molecule is CCOC(=O)CC(C)OC(=O)CC(O)C(=O)OC(C)CC(=O)OCC. The van der Waals surface area contributed by atoms with E-state index in [1.807, 2.05) is 0 Å². The van der Waals surface area contributed by atoms with Crippen LogP contribution < -0.4 is 0 Å². The molecule has 0 saturated heterocycles. The van der Waals surface area contributed by atoms with Crippen molar-refractivity contribution in [1.82, 2.24) is 0 Å². The first-order valence-corrected chi connectivity index (χ1v) is 8.08. The Morgan fingerprint density at radius 1 is 0.760 bits per heavy atom. The van der Waals surface area contributed by atoms with E-state index < -0.39 is 48.6 Å². The van der Waals surface area contributed by atoms with E-state index in [1.54, 1.807) is 13.8 Å². The number of hydrogen-bond donors (Lipinski definition) is 1. The molecule has 144 valence electrons. The molecule has 0 aromatic rings. The zero-order valence-electron chi connectivity index (χ0n) is 15.0. The first kappa shape index (κ1) is 22.8. The quantitative estimate of drug-likeness (QED) is 0.413. The minimum atomic E-state index is -1.73. The molecule has 0 aromatic heterocycles. The molecular formula is C16H26O9. The number of hydrogen-bond acceptors (Lipinski definition) is 9. The van der Waals surface area contributed by atoms with Gasteiger partial charge in [0.1, 0.15) is 12.2 Å². The molecule has 0 heterocycles. The Morgan fingerprint density at radius 2 is 1.20 bits per heavy atom. The van der Waals surface area contributed by atoms with E-state index in [-0.39, 0.29) is 26.1 Å². The second-order valence-electron chi connectivity index (χ2n) is 5.29. The Hall–Kier alpha value is -2.16. The maximum Gasteiger partial charge on any atom is 0.335 e. The van der Waals surface area contributed by atoms with Gasteiger partial charge in [-0.15, -0.1) is 0 Å². The molecule has 0 rings (SSSR count). The Morgan fingerprint density at radius 3 is 1.64 bits per heavy atom. The predicted molar refractivity (Wildman–Crippen MR) is 84.2 cm³/mol. The highest BCUT2D eigenvalue weighted by Gasteiger charge is 2.25. The lowest BCUT2D eigenvalue weighted by molar-refractivity contribution is -0.168. The third-order valence-corrected chi connectivity index (χ3v) is 2.80. The molecule has 9 nitrogen and oxygen atoms in total. The number of aliphatic hydroxyl groups is 1. The number of aliphatic hydroxyl groups excluding tert-OH is 1. The van der Waals surface area contributed by atoms with Gasteiger partial charge >= 0.3 is 23.9 Å². The van der Waals surface area contributed by atoms with Gasteiger partial charge in [0.2, 0.25) is 0 Å². The van der Waals surface area contributed by atoms with Gasteiger partial charge in [0.05, 0.1) is 32.5 Å². The number of carbonyl (C=O) groups excluding carboxylic acids is 4. The van der Waals surface area contributed by atoms with Crippen molar-refractivity contribution in [2.24, 2.45) is 0 Å². The topological polar surface area (TPSA) is 125 Å². The van der Waals surface area contributed by atoms with E-state index >= 15 is 0 Å². The van der Waals surface area contributed by atoms with Crippen LogP contribution >= 0.6 is 0 Å². The summed E-state index contributed by atoms with van der Waals surface area (Å²) in [6, 6.07) is 0. The smallest absolute Gasteiger partial charge is 0.335 e. The highest BCUT2D eigenvalue weighted by atomic mass is 16.6. The van der Waals surface area contributed by atoms with Gasteiger partial charge in [-0.2, -0.15) is 0 Å². The molecule has 25 heavy (non-hydrogen) atoms. The first-order valence-electron chi connectivity index (χ1n) is 8.08. The molecule has 0 aliphatic carbocycles. The van der Waals surface area contributed by atoms with Crippen molar-refractivity contribution in [1.29, 1.82) is 0 Å². The average Bonchev–Trinajstić information content (AvgIpc) is 2.46. The molecule has 0 bridgehead atoms. The maximum atomic E-state index is 11.7. The number of rotatable bonds is 11. The van der Waals surface area contributed by atoms with E-state index in [9.17, 15) is 24.3 Å². The third kappa shape index (κ3) is 11.1. The second-order valence-corrected chi connectivity index (χ2v) is 5.29. The largest absolute Gasteiger partial charge is 0.466 e. The van der Waals surface area contributed by atoms with Crippen molar-refractivity contribution in [3.05, 3.63) is 0 Å². The van der Waals surface area contributed by atoms with E-state index in [1.165, 1.54) is 13.8 Å². The van der Waals surface area contributed by atoms with Crippen molar-refractivity contribution in [3.63, 3.8) is 0 Å². The predicted octanol–water partition coefficient (Wildman–Crippen LogP) is 0.507. The second kappa shape index (κ2) is 12.2. The van der Waals surface area contributed by atoms with Gasteiger partial charge in [0, 0.05) is 0 Å². The van der Waals surface area contributed by atoms with E-state index in [0.717, 1.165) is 0 Å². The molecule has 3 atom stereocenters. The molecule has 3 unspecified atom stereocenters. The summed E-state index contributed by atoms with van der Waals surface area (Å²) in [6.07, 6.45) is -4.20. The Kier molecular flexibility index (Phi) is 11.2. The standard InChI is InChI=1S/C16H26O9/c1-5-22-13(18)7-10(3)24-15(20)9-12(17)16(21)25-11(4)8-14(19)23-6-2/h10-12,17H,5-9H2,1-4H3. The van der Waals surface area contributed by atoms with Gasteiger partial charge in [-0.25, -0.2) is 4.79 Å². The van der Waals surface area contributed by atoms with Crippen molar-refractivity contribution < 1.29 is 43.2 Å². The molecular weight excluding hydrogens is 336 g/mol. The lowest BCUT2D eigenvalue weighted by atomic mass is 10.2. The number of ether oxygens (including phenoxy) is 4. The summed E-state index contributed by atoms with van der Waals surface area (Å²) in [5, 5.41) is 9.67. The molecule has 0 aliphatic heterocycles. The summed E-state index contributed by atoms with van der Waals surface area (Å²) in [7, 11) is 0. The van der Waals surface area contributed by atoms with Crippen molar-refractivity contribution in [2.75, 3.05) is 13.2 Å². The molecule has 0 saturated carbocycles. The lowest BCUT2D eigenvalue weighted by Gasteiger charge is -2.16. The van der Waals surface area contributed by atoms with Crippen LogP contribution in [-0.4, -0.2) is 60.5 Å². The molecule has 0 aromatic carbocycles. The third-order valence-electron chi connectivity index (χ3n) is 2.80. The Balaban J connectivity index is 4.22. The van der Waals surface area contributed by atoms with Gasteiger partial charge < -0.3 is 24.1 Å². The average molecular weight is 362 g/mol. The highest BCUT2D eigenvalue weighted by molar-refractivity contribution is 5.82. The summed E-state index contributed by atoms with van der Waals surface area (Å²) >= 11 is 0. The van der Waals surface area contributed by atoms with Gasteiger partial charge in [0.25, 0.3) is 0 Å². The zero-order chi connectivity index (χ0) is 19.4. The molecule has 1 N–H and O–H groups in total.